The van der Waals surface area contributed by atoms with Gasteiger partial charge in [-0.3, -0.25) is 29.8 Å². The molecule has 0 rings (SSSR count). The average Bonchev–Trinajstić information content (AvgIpc) is 2.94. The van der Waals surface area contributed by atoms with Crippen LogP contribution >= 0.6 is 0 Å². The molecule has 10 nitrogen and oxygen atoms in total. The molecule has 2 atom stereocenters. The molecule has 0 fully saturated rings. The Bertz CT molecular complexity index is 769. The number of aliphatic imine (C=N–C) groups is 4. The van der Waals surface area contributed by atoms with Crippen LogP contribution in [-0.4, -0.2) is 146 Å². The molecular formula is C29H56N6O4. The van der Waals surface area contributed by atoms with Crippen LogP contribution in [0.4, 0.5) is 0 Å². The van der Waals surface area contributed by atoms with Crippen molar-refractivity contribution in [3.8, 4) is 0 Å². The zero-order valence-electron chi connectivity index (χ0n) is 26.2. The predicted octanol–water partition coefficient (Wildman–Crippen LogP) is 3.31. The summed E-state index contributed by atoms with van der Waals surface area (Å²) in [5.74, 6) is 0. The van der Waals surface area contributed by atoms with Gasteiger partial charge in [0.25, 0.3) is 0 Å². The second kappa shape index (κ2) is 24.0. The molecule has 0 heterocycles. The van der Waals surface area contributed by atoms with Crippen LogP contribution in [0.1, 0.15) is 41.5 Å². The summed E-state index contributed by atoms with van der Waals surface area (Å²) in [6.45, 7) is 23.7. The zero-order chi connectivity index (χ0) is 29.5. The number of likely N-dealkylation sites (N-methyl/N-ethyl adjacent to an activating group) is 2. The maximum Gasteiger partial charge on any atom is 0.0787 e. The highest BCUT2D eigenvalue weighted by molar-refractivity contribution is 6.40. The summed E-state index contributed by atoms with van der Waals surface area (Å²) in [6, 6.07) is 0.773. The van der Waals surface area contributed by atoms with Crippen LogP contribution in [0.3, 0.4) is 0 Å². The lowest BCUT2D eigenvalue weighted by molar-refractivity contribution is 0.0254. The highest BCUT2D eigenvalue weighted by Crippen LogP contribution is 2.08. The van der Waals surface area contributed by atoms with E-state index in [0.29, 0.717) is 78.0 Å². The van der Waals surface area contributed by atoms with Crippen molar-refractivity contribution < 1.29 is 18.9 Å². The number of ether oxygens (including phenoxy) is 4. The minimum atomic E-state index is 0.386. The molecule has 0 amide bonds. The van der Waals surface area contributed by atoms with E-state index in [0.717, 1.165) is 35.9 Å². The van der Waals surface area contributed by atoms with Crippen molar-refractivity contribution in [1.82, 2.24) is 9.80 Å². The maximum atomic E-state index is 5.76. The van der Waals surface area contributed by atoms with Gasteiger partial charge >= 0.3 is 0 Å². The van der Waals surface area contributed by atoms with Crippen molar-refractivity contribution in [3.05, 3.63) is 11.8 Å². The largest absolute Gasteiger partial charge is 0.378 e. The Morgan fingerprint density at radius 2 is 1.10 bits per heavy atom. The highest BCUT2D eigenvalue weighted by atomic mass is 16.5. The van der Waals surface area contributed by atoms with E-state index >= 15 is 0 Å². The first-order valence-corrected chi connectivity index (χ1v) is 14.0. The molecule has 0 saturated carbocycles. The fourth-order valence-electron chi connectivity index (χ4n) is 3.53. The SMILES string of the molecule is C=N/C(=C\C)C(C)=NCCOCCOCCN(C)C(C)[C@@H](C)N(C)CCOCCOCCN=C(C)C(C)=NC. The van der Waals surface area contributed by atoms with Gasteiger partial charge in [0, 0.05) is 32.2 Å². The predicted molar refractivity (Wildman–Crippen MR) is 166 cm³/mol. The molecule has 39 heavy (non-hydrogen) atoms. The van der Waals surface area contributed by atoms with E-state index in [9.17, 15) is 0 Å². The Morgan fingerprint density at radius 1 is 0.692 bits per heavy atom. The van der Waals surface area contributed by atoms with Gasteiger partial charge in [-0.05, 0) is 62.4 Å². The molecular weight excluding hydrogens is 496 g/mol. The first-order chi connectivity index (χ1) is 18.7. The summed E-state index contributed by atoms with van der Waals surface area (Å²) >= 11 is 0. The zero-order valence-corrected chi connectivity index (χ0v) is 26.2. The van der Waals surface area contributed by atoms with Gasteiger partial charge in [0.05, 0.1) is 88.8 Å². The van der Waals surface area contributed by atoms with Crippen LogP contribution < -0.4 is 0 Å². The lowest BCUT2D eigenvalue weighted by atomic mass is 10.1. The first kappa shape index (κ1) is 37.2. The minimum Gasteiger partial charge on any atom is -0.378 e. The quantitative estimate of drug-likeness (QED) is 0.135. The molecule has 0 aliphatic heterocycles. The minimum absolute atomic E-state index is 0.386. The lowest BCUT2D eigenvalue weighted by Crippen LogP contribution is -2.47. The van der Waals surface area contributed by atoms with E-state index in [1.807, 2.05) is 33.8 Å². The molecule has 0 N–H and O–H groups in total. The molecule has 226 valence electrons. The molecule has 0 aliphatic rings. The third kappa shape index (κ3) is 18.2. The molecule has 0 aromatic rings. The Labute approximate surface area is 238 Å². The summed E-state index contributed by atoms with van der Waals surface area (Å²) < 4.78 is 22.7. The maximum absolute atomic E-state index is 5.76. The van der Waals surface area contributed by atoms with E-state index in [-0.39, 0.29) is 0 Å². The molecule has 0 bridgehead atoms. The van der Waals surface area contributed by atoms with Gasteiger partial charge in [0.2, 0.25) is 0 Å². The third-order valence-corrected chi connectivity index (χ3v) is 6.85. The van der Waals surface area contributed by atoms with E-state index in [4.69, 9.17) is 18.9 Å². The third-order valence-electron chi connectivity index (χ3n) is 6.85. The Morgan fingerprint density at radius 3 is 1.49 bits per heavy atom. The topological polar surface area (TPSA) is 92.8 Å². The van der Waals surface area contributed by atoms with E-state index < -0.39 is 0 Å². The summed E-state index contributed by atoms with van der Waals surface area (Å²) in [5, 5.41) is 0. The van der Waals surface area contributed by atoms with Crippen molar-refractivity contribution >= 4 is 23.9 Å². The second-order valence-corrected chi connectivity index (χ2v) is 9.47. The molecule has 0 aromatic heterocycles. The Kier molecular flexibility index (Phi) is 22.9. The van der Waals surface area contributed by atoms with Crippen LogP contribution in [-0.2, 0) is 18.9 Å². The molecule has 0 spiro atoms. The molecule has 0 radical (unpaired) electrons. The highest BCUT2D eigenvalue weighted by Gasteiger charge is 2.20. The van der Waals surface area contributed by atoms with Crippen LogP contribution in [0.5, 0.6) is 0 Å². The summed E-state index contributed by atoms with van der Waals surface area (Å²) in [6.07, 6.45) is 1.90. The number of rotatable bonds is 24. The summed E-state index contributed by atoms with van der Waals surface area (Å²) in [7, 11) is 6.06. The van der Waals surface area contributed by atoms with Crippen LogP contribution in [0.25, 0.3) is 0 Å². The van der Waals surface area contributed by atoms with E-state index in [2.05, 4.69) is 64.4 Å². The number of allylic oxidation sites excluding steroid dienone is 2. The van der Waals surface area contributed by atoms with Gasteiger partial charge in [0.15, 0.2) is 0 Å². The standard InChI is InChI=1S/C29H56N6O4/c1-11-29(31-8)26(4)33-13-17-37-21-23-39-19-15-35(10)28(6)27(5)34(9)14-18-38-22-20-36-16-12-32-25(3)24(2)30-7/h11,27-28H,8,12-23H2,1-7,9-10H3/b29-11-,30-24?,32-25?,33-26?/t27-,28?/m1/s1. The summed E-state index contributed by atoms with van der Waals surface area (Å²) in [5.41, 5.74) is 3.61. The van der Waals surface area contributed by atoms with Crippen molar-refractivity contribution in [2.24, 2.45) is 20.0 Å². The fraction of sp³-hybridized carbons (Fsp3) is 0.793. The molecule has 0 aromatic carbocycles. The van der Waals surface area contributed by atoms with Gasteiger partial charge < -0.3 is 18.9 Å². The number of nitrogens with zero attached hydrogens (tertiary/aromatic N) is 6. The first-order valence-electron chi connectivity index (χ1n) is 14.0. The lowest BCUT2D eigenvalue weighted by Gasteiger charge is -2.35. The van der Waals surface area contributed by atoms with Gasteiger partial charge in [-0.25, -0.2) is 0 Å². The van der Waals surface area contributed by atoms with Gasteiger partial charge in [-0.2, -0.15) is 0 Å². The van der Waals surface area contributed by atoms with Crippen molar-refractivity contribution in [2.75, 3.05) is 100 Å². The van der Waals surface area contributed by atoms with Crippen LogP contribution in [0.15, 0.2) is 31.7 Å². The van der Waals surface area contributed by atoms with Crippen LogP contribution in [0, 0.1) is 0 Å². The molecule has 1 unspecified atom stereocenters. The van der Waals surface area contributed by atoms with Gasteiger partial charge in [-0.15, -0.1) is 0 Å². The Hall–Kier alpha value is -1.82. The van der Waals surface area contributed by atoms with Crippen LogP contribution in [0.2, 0.25) is 0 Å². The summed E-state index contributed by atoms with van der Waals surface area (Å²) in [4.78, 5) is 21.6. The van der Waals surface area contributed by atoms with Gasteiger partial charge in [-0.1, -0.05) is 6.08 Å². The monoisotopic (exact) mass is 552 g/mol. The second-order valence-electron chi connectivity index (χ2n) is 9.47. The van der Waals surface area contributed by atoms with Gasteiger partial charge in [0.1, 0.15) is 0 Å². The molecule has 10 heteroatoms. The number of hydrogen-bond donors (Lipinski definition) is 0. The van der Waals surface area contributed by atoms with Crippen molar-refractivity contribution in [1.29, 1.82) is 0 Å². The Balaban J connectivity index is 3.87. The number of hydrogen-bond acceptors (Lipinski definition) is 10. The van der Waals surface area contributed by atoms with E-state index in [1.54, 1.807) is 7.05 Å². The van der Waals surface area contributed by atoms with Crippen molar-refractivity contribution in [2.45, 2.75) is 53.6 Å². The smallest absolute Gasteiger partial charge is 0.0787 e. The molecule has 0 aliphatic carbocycles. The average molecular weight is 553 g/mol. The normalized spacial score (nSPS) is 15.4. The fourth-order valence-corrected chi connectivity index (χ4v) is 3.53. The molecule has 0 saturated heterocycles. The van der Waals surface area contributed by atoms with Crippen molar-refractivity contribution in [3.63, 3.8) is 0 Å². The van der Waals surface area contributed by atoms with E-state index in [1.165, 1.54) is 0 Å².